The van der Waals surface area contributed by atoms with Crippen LogP contribution in [-0.2, 0) is 6.42 Å². The standard InChI is InChI=1S/C25H15F5O4/c26-16-4-1-13(2-5-16)23-20(12-31)18-11-17(14-3-6-21(27)19(9-14)24(32)33)15(10-22(18)34-23)7-8-25(28,29)30/h1-6,9-12H,7-8H2,(H,32,33). The molecule has 174 valence electrons. The third-order valence-electron chi connectivity index (χ3n) is 5.36. The predicted molar refractivity (Wildman–Crippen MR) is 114 cm³/mol. The van der Waals surface area contributed by atoms with Crippen LogP contribution in [0.3, 0.4) is 0 Å². The minimum Gasteiger partial charge on any atom is -0.478 e. The molecule has 1 N–H and O–H groups in total. The molecule has 0 saturated heterocycles. The van der Waals surface area contributed by atoms with Crippen molar-refractivity contribution in [2.24, 2.45) is 0 Å². The Hall–Kier alpha value is -4.01. The molecule has 0 saturated carbocycles. The van der Waals surface area contributed by atoms with Crippen molar-refractivity contribution in [1.29, 1.82) is 0 Å². The maximum atomic E-state index is 13.9. The molecule has 4 rings (SSSR count). The molecule has 0 atom stereocenters. The van der Waals surface area contributed by atoms with Crippen LogP contribution in [0.25, 0.3) is 33.4 Å². The zero-order valence-electron chi connectivity index (χ0n) is 17.2. The van der Waals surface area contributed by atoms with Crippen LogP contribution in [0.2, 0.25) is 0 Å². The van der Waals surface area contributed by atoms with Gasteiger partial charge in [0.15, 0.2) is 6.29 Å². The van der Waals surface area contributed by atoms with Crippen molar-refractivity contribution >= 4 is 23.2 Å². The average Bonchev–Trinajstić information content (AvgIpc) is 3.14. The number of aldehydes is 1. The third kappa shape index (κ3) is 4.54. The van der Waals surface area contributed by atoms with Crippen LogP contribution >= 0.6 is 0 Å². The zero-order chi connectivity index (χ0) is 24.6. The first-order chi connectivity index (χ1) is 16.1. The van der Waals surface area contributed by atoms with E-state index in [2.05, 4.69) is 0 Å². The fraction of sp³-hybridized carbons (Fsp3) is 0.120. The van der Waals surface area contributed by atoms with Crippen LogP contribution in [-0.4, -0.2) is 23.5 Å². The largest absolute Gasteiger partial charge is 0.478 e. The number of aromatic carboxylic acids is 1. The number of fused-ring (bicyclic) bond motifs is 1. The number of hydrogen-bond acceptors (Lipinski definition) is 3. The first-order valence-electron chi connectivity index (χ1n) is 9.98. The van der Waals surface area contributed by atoms with E-state index in [9.17, 15) is 36.6 Å². The summed E-state index contributed by atoms with van der Waals surface area (Å²) in [7, 11) is 0. The van der Waals surface area contributed by atoms with E-state index in [1.54, 1.807) is 0 Å². The maximum absolute atomic E-state index is 13.9. The smallest absolute Gasteiger partial charge is 0.389 e. The van der Waals surface area contributed by atoms with Gasteiger partial charge in [-0.05, 0) is 71.6 Å². The highest BCUT2D eigenvalue weighted by Crippen LogP contribution is 2.38. The first-order valence-corrected chi connectivity index (χ1v) is 9.98. The number of benzene rings is 3. The van der Waals surface area contributed by atoms with Gasteiger partial charge in [-0.25, -0.2) is 13.6 Å². The van der Waals surface area contributed by atoms with E-state index in [4.69, 9.17) is 4.42 Å². The number of carboxylic acid groups (broad SMARTS) is 1. The van der Waals surface area contributed by atoms with E-state index in [0.717, 1.165) is 12.1 Å². The van der Waals surface area contributed by atoms with Crippen molar-refractivity contribution in [3.8, 4) is 22.5 Å². The van der Waals surface area contributed by atoms with Gasteiger partial charge in [0.05, 0.1) is 11.1 Å². The second kappa shape index (κ2) is 8.74. The summed E-state index contributed by atoms with van der Waals surface area (Å²) in [6.45, 7) is 0. The van der Waals surface area contributed by atoms with Gasteiger partial charge >= 0.3 is 12.1 Å². The maximum Gasteiger partial charge on any atom is 0.389 e. The normalized spacial score (nSPS) is 11.7. The molecule has 0 aliphatic carbocycles. The molecule has 0 bridgehead atoms. The third-order valence-corrected chi connectivity index (χ3v) is 5.36. The molecule has 3 aromatic carbocycles. The molecule has 0 fully saturated rings. The van der Waals surface area contributed by atoms with Crippen LogP contribution < -0.4 is 0 Å². The Morgan fingerprint density at radius 1 is 0.971 bits per heavy atom. The van der Waals surface area contributed by atoms with Crippen LogP contribution in [0.5, 0.6) is 0 Å². The lowest BCUT2D eigenvalue weighted by Gasteiger charge is -2.13. The molecular weight excluding hydrogens is 459 g/mol. The van der Waals surface area contributed by atoms with E-state index in [1.807, 2.05) is 0 Å². The van der Waals surface area contributed by atoms with Crippen LogP contribution in [0.4, 0.5) is 22.0 Å². The molecule has 0 radical (unpaired) electrons. The topological polar surface area (TPSA) is 67.5 Å². The molecule has 34 heavy (non-hydrogen) atoms. The second-order valence-electron chi connectivity index (χ2n) is 7.59. The highest BCUT2D eigenvalue weighted by molar-refractivity contribution is 6.04. The van der Waals surface area contributed by atoms with Gasteiger partial charge in [0.25, 0.3) is 0 Å². The summed E-state index contributed by atoms with van der Waals surface area (Å²) in [6.07, 6.45) is -5.57. The van der Waals surface area contributed by atoms with Gasteiger partial charge in [-0.2, -0.15) is 13.2 Å². The number of carboxylic acids is 1. The minimum absolute atomic E-state index is 0.0887. The second-order valence-corrected chi connectivity index (χ2v) is 7.59. The van der Waals surface area contributed by atoms with Gasteiger partial charge in [0.1, 0.15) is 23.0 Å². The molecule has 1 aromatic heterocycles. The van der Waals surface area contributed by atoms with Crippen LogP contribution in [0, 0.1) is 11.6 Å². The quantitative estimate of drug-likeness (QED) is 0.240. The van der Waals surface area contributed by atoms with Gasteiger partial charge in [0.2, 0.25) is 0 Å². The Morgan fingerprint density at radius 3 is 2.26 bits per heavy atom. The summed E-state index contributed by atoms with van der Waals surface area (Å²) < 4.78 is 71.9. The molecule has 0 spiro atoms. The fourth-order valence-electron chi connectivity index (χ4n) is 3.75. The molecule has 0 amide bonds. The molecule has 4 nitrogen and oxygen atoms in total. The van der Waals surface area contributed by atoms with Gasteiger partial charge in [0, 0.05) is 17.4 Å². The van der Waals surface area contributed by atoms with Crippen molar-refractivity contribution in [2.45, 2.75) is 19.0 Å². The average molecular weight is 474 g/mol. The summed E-state index contributed by atoms with van der Waals surface area (Å²) >= 11 is 0. The van der Waals surface area contributed by atoms with Crippen molar-refractivity contribution in [1.82, 2.24) is 0 Å². The number of hydrogen-bond donors (Lipinski definition) is 1. The number of furan rings is 1. The Kier molecular flexibility index (Phi) is 5.95. The Bertz CT molecular complexity index is 1400. The summed E-state index contributed by atoms with van der Waals surface area (Å²) in [5.41, 5.74) is 0.494. The minimum atomic E-state index is -4.46. The Morgan fingerprint density at radius 2 is 1.65 bits per heavy atom. The van der Waals surface area contributed by atoms with Crippen molar-refractivity contribution in [2.75, 3.05) is 0 Å². The highest BCUT2D eigenvalue weighted by atomic mass is 19.4. The van der Waals surface area contributed by atoms with Gasteiger partial charge in [-0.3, -0.25) is 4.79 Å². The van der Waals surface area contributed by atoms with Gasteiger partial charge in [-0.15, -0.1) is 0 Å². The monoisotopic (exact) mass is 474 g/mol. The van der Waals surface area contributed by atoms with E-state index in [0.29, 0.717) is 11.8 Å². The molecule has 1 heterocycles. The van der Waals surface area contributed by atoms with Gasteiger partial charge < -0.3 is 9.52 Å². The lowest BCUT2D eigenvalue weighted by atomic mass is 9.93. The van der Waals surface area contributed by atoms with Crippen molar-refractivity contribution in [3.05, 3.63) is 82.9 Å². The fourth-order valence-corrected chi connectivity index (χ4v) is 3.75. The SMILES string of the molecule is O=Cc1c(-c2ccc(F)cc2)oc2cc(CCC(F)(F)F)c(-c3ccc(F)c(C(=O)O)c3)cc12. The lowest BCUT2D eigenvalue weighted by molar-refractivity contribution is -0.133. The molecule has 9 heteroatoms. The molecule has 0 unspecified atom stereocenters. The lowest BCUT2D eigenvalue weighted by Crippen LogP contribution is -2.09. The van der Waals surface area contributed by atoms with E-state index in [1.165, 1.54) is 42.5 Å². The van der Waals surface area contributed by atoms with Crippen molar-refractivity contribution in [3.63, 3.8) is 0 Å². The summed E-state index contributed by atoms with van der Waals surface area (Å²) in [5, 5.41) is 9.51. The zero-order valence-corrected chi connectivity index (χ0v) is 17.2. The Balaban J connectivity index is 1.95. The van der Waals surface area contributed by atoms with Crippen LogP contribution in [0.1, 0.15) is 32.7 Å². The number of aryl methyl sites for hydroxylation is 1. The summed E-state index contributed by atoms with van der Waals surface area (Å²) in [4.78, 5) is 23.3. The van der Waals surface area contributed by atoms with Gasteiger partial charge in [-0.1, -0.05) is 6.07 Å². The number of rotatable bonds is 6. The Labute approximate surface area is 189 Å². The van der Waals surface area contributed by atoms with E-state index in [-0.39, 0.29) is 39.0 Å². The number of carbonyl (C=O) groups is 2. The highest BCUT2D eigenvalue weighted by Gasteiger charge is 2.28. The molecule has 4 aromatic rings. The first kappa shape index (κ1) is 23.2. The van der Waals surface area contributed by atoms with E-state index >= 15 is 0 Å². The molecular formula is C25H15F5O4. The predicted octanol–water partition coefficient (Wildman–Crippen LogP) is 7.05. The van der Waals surface area contributed by atoms with Crippen molar-refractivity contribution < 1.29 is 41.1 Å². The molecule has 0 aliphatic rings. The van der Waals surface area contributed by atoms with E-state index < -0.39 is 42.2 Å². The number of alkyl halides is 3. The summed E-state index contributed by atoms with van der Waals surface area (Å²) in [5.74, 6) is -2.93. The van der Waals surface area contributed by atoms with Crippen LogP contribution in [0.15, 0.2) is 59.0 Å². The number of carbonyl (C=O) groups excluding carboxylic acids is 1. The summed E-state index contributed by atoms with van der Waals surface area (Å²) in [6, 6.07) is 11.1. The number of halogens is 5. The molecule has 0 aliphatic heterocycles.